The first-order valence-corrected chi connectivity index (χ1v) is 10.2. The number of aliphatic imine (C=N–C) groups is 1. The first-order chi connectivity index (χ1) is 14.3. The van der Waals surface area contributed by atoms with E-state index in [1.54, 1.807) is 25.1 Å². The minimum atomic E-state index is -4.33. The fraction of sp³-hybridized carbons (Fsp3) is 0.619. The third-order valence-corrected chi connectivity index (χ3v) is 4.69. The van der Waals surface area contributed by atoms with Crippen LogP contribution in [0.15, 0.2) is 29.3 Å². The summed E-state index contributed by atoms with van der Waals surface area (Å²) in [6.45, 7) is 5.35. The van der Waals surface area contributed by atoms with Crippen molar-refractivity contribution in [3.8, 4) is 0 Å². The van der Waals surface area contributed by atoms with Gasteiger partial charge in [-0.25, -0.2) is 4.99 Å². The summed E-state index contributed by atoms with van der Waals surface area (Å²) in [5.74, 6) is 0.555. The first kappa shape index (κ1) is 24.0. The Morgan fingerprint density at radius 1 is 1.23 bits per heavy atom. The Labute approximate surface area is 175 Å². The Morgan fingerprint density at radius 2 is 1.93 bits per heavy atom. The predicted octanol–water partition coefficient (Wildman–Crippen LogP) is 3.51. The second-order valence-electron chi connectivity index (χ2n) is 7.11. The van der Waals surface area contributed by atoms with Gasteiger partial charge in [0.05, 0.1) is 25.7 Å². The molecule has 1 saturated heterocycles. The monoisotopic (exact) mass is 429 g/mol. The molecule has 0 aliphatic carbocycles. The molecular weight excluding hydrogens is 399 g/mol. The molecule has 2 rings (SSSR count). The van der Waals surface area contributed by atoms with Crippen molar-refractivity contribution in [1.82, 2.24) is 10.2 Å². The van der Waals surface area contributed by atoms with Gasteiger partial charge in [0.15, 0.2) is 5.96 Å². The normalized spacial score (nSPS) is 15.9. The smallest absolute Gasteiger partial charge is 0.411 e. The zero-order valence-corrected chi connectivity index (χ0v) is 17.5. The van der Waals surface area contributed by atoms with Gasteiger partial charge in [0.25, 0.3) is 0 Å². The van der Waals surface area contributed by atoms with Gasteiger partial charge >= 0.3 is 12.1 Å². The van der Waals surface area contributed by atoms with E-state index in [4.69, 9.17) is 9.47 Å². The van der Waals surface area contributed by atoms with Crippen LogP contribution in [0.2, 0.25) is 0 Å². The molecule has 0 unspecified atom stereocenters. The molecular formula is C21H30F3N3O3. The topological polar surface area (TPSA) is 63.2 Å². The van der Waals surface area contributed by atoms with Gasteiger partial charge in [0.2, 0.25) is 0 Å². The van der Waals surface area contributed by atoms with E-state index in [0.29, 0.717) is 38.3 Å². The molecule has 1 aromatic rings. The van der Waals surface area contributed by atoms with Crippen molar-refractivity contribution in [2.75, 3.05) is 32.8 Å². The second kappa shape index (κ2) is 11.8. The number of hydrogen-bond acceptors (Lipinski definition) is 4. The third kappa shape index (κ3) is 8.22. The lowest BCUT2D eigenvalue weighted by molar-refractivity contribution is -0.176. The SMILES string of the molecule is CCNC(=NCc1cccc(COCC(F)(F)F)c1)N1CCC(C(=O)OCC)CC1. The highest BCUT2D eigenvalue weighted by atomic mass is 19.4. The fourth-order valence-electron chi connectivity index (χ4n) is 3.28. The van der Waals surface area contributed by atoms with Gasteiger partial charge in [-0.1, -0.05) is 24.3 Å². The average molecular weight is 429 g/mol. The van der Waals surface area contributed by atoms with Crippen LogP contribution in [0.3, 0.4) is 0 Å². The maximum Gasteiger partial charge on any atom is 0.411 e. The van der Waals surface area contributed by atoms with Crippen molar-refractivity contribution >= 4 is 11.9 Å². The zero-order valence-electron chi connectivity index (χ0n) is 17.5. The molecule has 168 valence electrons. The summed E-state index contributed by atoms with van der Waals surface area (Å²) in [7, 11) is 0. The highest BCUT2D eigenvalue weighted by Crippen LogP contribution is 2.19. The van der Waals surface area contributed by atoms with Crippen LogP contribution in [0, 0.1) is 5.92 Å². The number of piperidine rings is 1. The summed E-state index contributed by atoms with van der Waals surface area (Å²) in [5, 5.41) is 3.27. The molecule has 6 nitrogen and oxygen atoms in total. The molecule has 1 N–H and O–H groups in total. The lowest BCUT2D eigenvalue weighted by atomic mass is 9.97. The van der Waals surface area contributed by atoms with Crippen LogP contribution in [0.25, 0.3) is 0 Å². The summed E-state index contributed by atoms with van der Waals surface area (Å²) in [4.78, 5) is 18.7. The lowest BCUT2D eigenvalue weighted by Crippen LogP contribution is -2.46. The molecule has 0 radical (unpaired) electrons. The minimum Gasteiger partial charge on any atom is -0.466 e. The molecule has 0 bridgehead atoms. The third-order valence-electron chi connectivity index (χ3n) is 4.69. The molecule has 1 aromatic carbocycles. The zero-order chi connectivity index (χ0) is 22.0. The van der Waals surface area contributed by atoms with Crippen molar-refractivity contribution in [2.45, 2.75) is 46.0 Å². The highest BCUT2D eigenvalue weighted by molar-refractivity contribution is 5.80. The minimum absolute atomic E-state index is 0.0718. The van der Waals surface area contributed by atoms with E-state index >= 15 is 0 Å². The van der Waals surface area contributed by atoms with Gasteiger partial charge in [-0.15, -0.1) is 0 Å². The van der Waals surface area contributed by atoms with Crippen LogP contribution in [-0.4, -0.2) is 55.9 Å². The van der Waals surface area contributed by atoms with Gasteiger partial charge in [-0.3, -0.25) is 4.79 Å². The van der Waals surface area contributed by atoms with Crippen molar-refractivity contribution in [3.05, 3.63) is 35.4 Å². The average Bonchev–Trinajstić information content (AvgIpc) is 2.71. The largest absolute Gasteiger partial charge is 0.466 e. The van der Waals surface area contributed by atoms with E-state index in [0.717, 1.165) is 24.4 Å². The lowest BCUT2D eigenvalue weighted by Gasteiger charge is -2.33. The van der Waals surface area contributed by atoms with Gasteiger partial charge in [0, 0.05) is 19.6 Å². The van der Waals surface area contributed by atoms with E-state index in [1.807, 2.05) is 13.0 Å². The van der Waals surface area contributed by atoms with Crippen molar-refractivity contribution in [1.29, 1.82) is 0 Å². The van der Waals surface area contributed by atoms with Crippen LogP contribution >= 0.6 is 0 Å². The number of guanidine groups is 1. The molecule has 0 spiro atoms. The Morgan fingerprint density at radius 3 is 2.57 bits per heavy atom. The number of alkyl halides is 3. The Balaban J connectivity index is 1.93. The molecule has 1 fully saturated rings. The van der Waals surface area contributed by atoms with Crippen molar-refractivity contribution in [3.63, 3.8) is 0 Å². The van der Waals surface area contributed by atoms with Crippen molar-refractivity contribution in [2.24, 2.45) is 10.9 Å². The number of rotatable bonds is 8. The van der Waals surface area contributed by atoms with Crippen LogP contribution in [0.4, 0.5) is 13.2 Å². The number of hydrogen-bond donors (Lipinski definition) is 1. The van der Waals surface area contributed by atoms with E-state index < -0.39 is 12.8 Å². The molecule has 0 atom stereocenters. The highest BCUT2D eigenvalue weighted by Gasteiger charge is 2.28. The second-order valence-corrected chi connectivity index (χ2v) is 7.11. The summed E-state index contributed by atoms with van der Waals surface area (Å²) < 4.78 is 46.5. The molecule has 0 amide bonds. The van der Waals surface area contributed by atoms with E-state index in [9.17, 15) is 18.0 Å². The maximum atomic E-state index is 12.2. The number of likely N-dealkylation sites (tertiary alicyclic amines) is 1. The van der Waals surface area contributed by atoms with Crippen LogP contribution in [0.1, 0.15) is 37.8 Å². The number of esters is 1. The maximum absolute atomic E-state index is 12.2. The number of carbonyl (C=O) groups excluding carboxylic acids is 1. The van der Waals surface area contributed by atoms with Gasteiger partial charge in [-0.2, -0.15) is 13.2 Å². The summed E-state index contributed by atoms with van der Waals surface area (Å²) >= 11 is 0. The Hall–Kier alpha value is -2.29. The molecule has 1 heterocycles. The molecule has 0 saturated carbocycles. The van der Waals surface area contributed by atoms with Crippen LogP contribution < -0.4 is 5.32 Å². The van der Waals surface area contributed by atoms with Crippen LogP contribution in [0.5, 0.6) is 0 Å². The number of ether oxygens (including phenoxy) is 2. The molecule has 30 heavy (non-hydrogen) atoms. The number of nitrogens with one attached hydrogen (secondary N) is 1. The summed E-state index contributed by atoms with van der Waals surface area (Å²) in [6.07, 6.45) is -2.89. The molecule has 9 heteroatoms. The van der Waals surface area contributed by atoms with E-state index in [2.05, 4.69) is 15.2 Å². The summed E-state index contributed by atoms with van der Waals surface area (Å²) in [6, 6.07) is 7.20. The van der Waals surface area contributed by atoms with E-state index in [-0.39, 0.29) is 18.5 Å². The Bertz CT molecular complexity index is 702. The Kier molecular flexibility index (Phi) is 9.42. The van der Waals surface area contributed by atoms with Gasteiger partial charge in [-0.05, 0) is 37.8 Å². The number of carbonyl (C=O) groups is 1. The number of nitrogens with zero attached hydrogens (tertiary/aromatic N) is 2. The predicted molar refractivity (Wildman–Crippen MR) is 108 cm³/mol. The van der Waals surface area contributed by atoms with Crippen molar-refractivity contribution < 1.29 is 27.4 Å². The number of benzene rings is 1. The van der Waals surface area contributed by atoms with Crippen LogP contribution in [-0.2, 0) is 27.4 Å². The van der Waals surface area contributed by atoms with Gasteiger partial charge < -0.3 is 19.7 Å². The van der Waals surface area contributed by atoms with Gasteiger partial charge in [0.1, 0.15) is 6.61 Å². The fourth-order valence-corrected chi connectivity index (χ4v) is 3.28. The number of halogens is 3. The quantitative estimate of drug-likeness (QED) is 0.389. The van der Waals surface area contributed by atoms with E-state index in [1.165, 1.54) is 0 Å². The summed E-state index contributed by atoms with van der Waals surface area (Å²) in [5.41, 5.74) is 1.56. The molecule has 1 aliphatic rings. The molecule has 1 aliphatic heterocycles. The standard InChI is InChI=1S/C21H30F3N3O3/c1-3-25-20(27-10-8-18(9-11-27)19(28)30-4-2)26-13-16-6-5-7-17(12-16)14-29-15-21(22,23)24/h5-7,12,18H,3-4,8-11,13-15H2,1-2H3,(H,25,26). The molecule has 0 aromatic heterocycles. The first-order valence-electron chi connectivity index (χ1n) is 10.2.